The molecule has 1 aromatic heterocycles. The Hall–Kier alpha value is -2.50. The number of anilines is 2. The van der Waals surface area contributed by atoms with E-state index in [4.69, 9.17) is 10.3 Å². The fourth-order valence-corrected chi connectivity index (χ4v) is 1.62. The molecule has 0 aliphatic heterocycles. The van der Waals surface area contributed by atoms with Gasteiger partial charge >= 0.3 is 0 Å². The molecule has 2 aromatic rings. The molecule has 3 N–H and O–H groups in total. The Balaban J connectivity index is 2.15. The van der Waals surface area contributed by atoms with Gasteiger partial charge in [-0.3, -0.25) is 4.79 Å². The Morgan fingerprint density at radius 2 is 2.21 bits per heavy atom. The molecule has 0 bridgehead atoms. The molecule has 0 aliphatic carbocycles. The van der Waals surface area contributed by atoms with Crippen molar-refractivity contribution in [3.8, 4) is 0 Å². The molecule has 1 amide bonds. The first-order valence-corrected chi connectivity index (χ1v) is 5.82. The highest BCUT2D eigenvalue weighted by Gasteiger charge is 2.10. The van der Waals surface area contributed by atoms with Gasteiger partial charge in [0.25, 0.3) is 5.91 Å². The van der Waals surface area contributed by atoms with Gasteiger partial charge in [0.1, 0.15) is 0 Å². The van der Waals surface area contributed by atoms with Crippen LogP contribution in [-0.2, 0) is 6.54 Å². The summed E-state index contributed by atoms with van der Waals surface area (Å²) < 4.78 is 4.98. The van der Waals surface area contributed by atoms with Crippen LogP contribution < -0.4 is 11.1 Å². The van der Waals surface area contributed by atoms with Crippen molar-refractivity contribution in [1.82, 2.24) is 10.1 Å². The highest BCUT2D eigenvalue weighted by Crippen LogP contribution is 2.21. The predicted molar refractivity (Wildman–Crippen MR) is 72.7 cm³/mol. The maximum Gasteiger partial charge on any atom is 0.253 e. The van der Waals surface area contributed by atoms with Gasteiger partial charge in [0.05, 0.1) is 24.1 Å². The summed E-state index contributed by atoms with van der Waals surface area (Å²) in [6, 6.07) is 6.91. The molecule has 0 aliphatic rings. The molecule has 0 saturated carbocycles. The van der Waals surface area contributed by atoms with E-state index in [1.807, 2.05) is 0 Å². The van der Waals surface area contributed by atoms with Gasteiger partial charge in [0.2, 0.25) is 0 Å². The average molecular weight is 260 g/mol. The topological polar surface area (TPSA) is 84.4 Å². The van der Waals surface area contributed by atoms with Gasteiger partial charge in [0, 0.05) is 25.7 Å². The summed E-state index contributed by atoms with van der Waals surface area (Å²) in [7, 11) is 3.42. The fraction of sp³-hybridized carbons (Fsp3) is 0.231. The summed E-state index contributed by atoms with van der Waals surface area (Å²) in [6.07, 6.45) is 1.58. The summed E-state index contributed by atoms with van der Waals surface area (Å²) in [4.78, 5) is 13.4. The molecular formula is C13H16N4O2. The van der Waals surface area contributed by atoms with Gasteiger partial charge in [-0.2, -0.15) is 0 Å². The Kier molecular flexibility index (Phi) is 3.70. The molecule has 0 fully saturated rings. The maximum absolute atomic E-state index is 11.9. The number of nitrogens with zero attached hydrogens (tertiary/aromatic N) is 2. The lowest BCUT2D eigenvalue weighted by Gasteiger charge is -2.13. The largest absolute Gasteiger partial charge is 0.397 e. The molecule has 6 heteroatoms. The molecule has 0 saturated heterocycles. The van der Waals surface area contributed by atoms with E-state index in [2.05, 4.69) is 10.5 Å². The van der Waals surface area contributed by atoms with Crippen molar-refractivity contribution in [2.24, 2.45) is 0 Å². The second-order valence-corrected chi connectivity index (χ2v) is 4.33. The van der Waals surface area contributed by atoms with E-state index < -0.39 is 0 Å². The quantitative estimate of drug-likeness (QED) is 0.815. The molecule has 0 atom stereocenters. The van der Waals surface area contributed by atoms with E-state index in [1.54, 1.807) is 44.6 Å². The minimum absolute atomic E-state index is 0.0669. The van der Waals surface area contributed by atoms with Crippen molar-refractivity contribution in [3.05, 3.63) is 41.8 Å². The number of nitrogen functional groups attached to an aromatic ring is 1. The van der Waals surface area contributed by atoms with Gasteiger partial charge in [-0.25, -0.2) is 0 Å². The van der Waals surface area contributed by atoms with E-state index in [9.17, 15) is 4.79 Å². The van der Waals surface area contributed by atoms with Crippen molar-refractivity contribution < 1.29 is 9.32 Å². The van der Waals surface area contributed by atoms with Crippen molar-refractivity contribution in [2.45, 2.75) is 6.54 Å². The molecule has 100 valence electrons. The van der Waals surface area contributed by atoms with Crippen molar-refractivity contribution >= 4 is 17.3 Å². The first-order valence-electron chi connectivity index (χ1n) is 5.82. The van der Waals surface area contributed by atoms with Crippen LogP contribution in [-0.4, -0.2) is 30.1 Å². The number of hydrogen-bond donors (Lipinski definition) is 2. The van der Waals surface area contributed by atoms with Gasteiger partial charge in [0.15, 0.2) is 5.76 Å². The third-order valence-electron chi connectivity index (χ3n) is 2.65. The number of nitrogens with two attached hydrogens (primary N) is 1. The SMILES string of the molecule is CN(C)C(=O)c1ccc(N)c(NCc2ccno2)c1. The van der Waals surface area contributed by atoms with Crippen LogP contribution in [0.3, 0.4) is 0 Å². The lowest BCUT2D eigenvalue weighted by Crippen LogP contribution is -2.21. The monoisotopic (exact) mass is 260 g/mol. The summed E-state index contributed by atoms with van der Waals surface area (Å²) in [5.74, 6) is 0.631. The first-order chi connectivity index (χ1) is 9.08. The van der Waals surface area contributed by atoms with Crippen LogP contribution in [0.1, 0.15) is 16.1 Å². The van der Waals surface area contributed by atoms with Crippen LogP contribution in [0.4, 0.5) is 11.4 Å². The lowest BCUT2D eigenvalue weighted by atomic mass is 10.1. The standard InChI is InChI=1S/C13H16N4O2/c1-17(2)13(18)9-3-4-11(14)12(7-9)15-8-10-5-6-16-19-10/h3-7,15H,8,14H2,1-2H3. The van der Waals surface area contributed by atoms with E-state index in [1.165, 1.54) is 4.90 Å². The molecule has 1 aromatic carbocycles. The fourth-order valence-electron chi connectivity index (χ4n) is 1.62. The van der Waals surface area contributed by atoms with Crippen LogP contribution >= 0.6 is 0 Å². The van der Waals surface area contributed by atoms with Gasteiger partial charge in [-0.05, 0) is 18.2 Å². The zero-order valence-corrected chi connectivity index (χ0v) is 10.9. The van der Waals surface area contributed by atoms with Crippen LogP contribution in [0, 0.1) is 0 Å². The number of amides is 1. The molecule has 0 unspecified atom stereocenters. The molecule has 0 spiro atoms. The molecule has 6 nitrogen and oxygen atoms in total. The number of nitrogens with one attached hydrogen (secondary N) is 1. The van der Waals surface area contributed by atoms with Crippen molar-refractivity contribution in [1.29, 1.82) is 0 Å². The number of benzene rings is 1. The number of carbonyl (C=O) groups is 1. The summed E-state index contributed by atoms with van der Waals surface area (Å²) in [5, 5.41) is 6.74. The summed E-state index contributed by atoms with van der Waals surface area (Å²) in [6.45, 7) is 0.462. The Labute approximate surface area is 111 Å². The lowest BCUT2D eigenvalue weighted by molar-refractivity contribution is 0.0827. The zero-order valence-electron chi connectivity index (χ0n) is 10.9. The van der Waals surface area contributed by atoms with Gasteiger partial charge in [-0.15, -0.1) is 0 Å². The van der Waals surface area contributed by atoms with E-state index in [0.29, 0.717) is 29.2 Å². The third kappa shape index (κ3) is 3.04. The number of hydrogen-bond acceptors (Lipinski definition) is 5. The minimum Gasteiger partial charge on any atom is -0.397 e. The third-order valence-corrected chi connectivity index (χ3v) is 2.65. The molecular weight excluding hydrogens is 244 g/mol. The maximum atomic E-state index is 11.9. The molecule has 0 radical (unpaired) electrons. The van der Waals surface area contributed by atoms with E-state index in [-0.39, 0.29) is 5.91 Å². The highest BCUT2D eigenvalue weighted by atomic mass is 16.5. The first kappa shape index (κ1) is 12.9. The number of aromatic nitrogens is 1. The van der Waals surface area contributed by atoms with Crippen molar-refractivity contribution in [2.75, 3.05) is 25.1 Å². The number of carbonyl (C=O) groups excluding carboxylic acids is 1. The normalized spacial score (nSPS) is 10.2. The minimum atomic E-state index is -0.0669. The Morgan fingerprint density at radius 3 is 2.84 bits per heavy atom. The Bertz CT molecular complexity index is 564. The van der Waals surface area contributed by atoms with Crippen LogP contribution in [0.15, 0.2) is 35.0 Å². The van der Waals surface area contributed by atoms with Gasteiger partial charge in [-0.1, -0.05) is 5.16 Å². The molecule has 2 rings (SSSR count). The number of rotatable bonds is 4. The molecule has 1 heterocycles. The van der Waals surface area contributed by atoms with E-state index in [0.717, 1.165) is 0 Å². The van der Waals surface area contributed by atoms with E-state index >= 15 is 0 Å². The predicted octanol–water partition coefficient (Wildman–Crippen LogP) is 1.57. The zero-order chi connectivity index (χ0) is 13.8. The summed E-state index contributed by atoms with van der Waals surface area (Å²) in [5.41, 5.74) is 7.73. The van der Waals surface area contributed by atoms with Crippen molar-refractivity contribution in [3.63, 3.8) is 0 Å². The van der Waals surface area contributed by atoms with Crippen LogP contribution in [0.2, 0.25) is 0 Å². The second-order valence-electron chi connectivity index (χ2n) is 4.33. The summed E-state index contributed by atoms with van der Waals surface area (Å²) >= 11 is 0. The van der Waals surface area contributed by atoms with Crippen LogP contribution in [0.5, 0.6) is 0 Å². The smallest absolute Gasteiger partial charge is 0.253 e. The Morgan fingerprint density at radius 1 is 1.42 bits per heavy atom. The van der Waals surface area contributed by atoms with Gasteiger partial charge < -0.3 is 20.5 Å². The molecule has 19 heavy (non-hydrogen) atoms. The second kappa shape index (κ2) is 5.43. The average Bonchev–Trinajstić information content (AvgIpc) is 2.90. The highest BCUT2D eigenvalue weighted by molar-refractivity contribution is 5.95. The van der Waals surface area contributed by atoms with Crippen LogP contribution in [0.25, 0.3) is 0 Å².